The van der Waals surface area contributed by atoms with Gasteiger partial charge in [-0.2, -0.15) is 5.10 Å². The molecule has 2 aromatic rings. The monoisotopic (exact) mass is 278 g/mol. The first-order valence-corrected chi connectivity index (χ1v) is 5.90. The van der Waals surface area contributed by atoms with Crippen LogP contribution in [0.2, 0.25) is 5.02 Å². The summed E-state index contributed by atoms with van der Waals surface area (Å²) in [6.07, 6.45) is -0.324. The lowest BCUT2D eigenvalue weighted by Crippen LogP contribution is -2.25. The zero-order chi connectivity index (χ0) is 14.0. The molecule has 0 spiro atoms. The Hall–Kier alpha value is -2.14. The molecule has 1 heterocycles. The molecule has 6 heteroatoms. The third-order valence-corrected chi connectivity index (χ3v) is 2.87. The van der Waals surface area contributed by atoms with Crippen molar-refractivity contribution in [3.8, 4) is 11.3 Å². The van der Waals surface area contributed by atoms with E-state index in [1.54, 1.807) is 24.3 Å². The highest BCUT2D eigenvalue weighted by Crippen LogP contribution is 2.19. The summed E-state index contributed by atoms with van der Waals surface area (Å²) in [5, 5.41) is 13.5. The van der Waals surface area contributed by atoms with E-state index in [0.717, 1.165) is 10.2 Å². The third-order valence-electron chi connectivity index (χ3n) is 2.62. The highest BCUT2D eigenvalue weighted by Gasteiger charge is 2.11. The maximum absolute atomic E-state index is 11.8. The van der Waals surface area contributed by atoms with E-state index in [4.69, 9.17) is 16.7 Å². The van der Waals surface area contributed by atoms with Crippen molar-refractivity contribution in [2.75, 3.05) is 0 Å². The van der Waals surface area contributed by atoms with Crippen LogP contribution in [0.25, 0.3) is 11.3 Å². The fourth-order valence-electron chi connectivity index (χ4n) is 1.72. The summed E-state index contributed by atoms with van der Waals surface area (Å²) in [5.41, 5.74) is 1.11. The Balaban J connectivity index is 2.53. The highest BCUT2D eigenvalue weighted by atomic mass is 35.5. The number of hydrogen-bond acceptors (Lipinski definition) is 3. The van der Waals surface area contributed by atoms with E-state index in [0.29, 0.717) is 10.7 Å². The Morgan fingerprint density at radius 1 is 1.37 bits per heavy atom. The lowest BCUT2D eigenvalue weighted by molar-refractivity contribution is -0.136. The summed E-state index contributed by atoms with van der Waals surface area (Å²) in [5.74, 6) is -1.05. The Morgan fingerprint density at radius 3 is 2.58 bits per heavy atom. The molecule has 0 saturated carbocycles. The molecule has 0 aliphatic heterocycles. The lowest BCUT2D eigenvalue weighted by Gasteiger charge is -2.06. The number of carboxylic acid groups (broad SMARTS) is 1. The number of benzene rings is 1. The molecule has 19 heavy (non-hydrogen) atoms. The van der Waals surface area contributed by atoms with Crippen molar-refractivity contribution in [3.63, 3.8) is 0 Å². The van der Waals surface area contributed by atoms with Crippen molar-refractivity contribution in [3.05, 3.63) is 51.3 Å². The van der Waals surface area contributed by atoms with Crippen molar-refractivity contribution in [2.45, 2.75) is 6.42 Å². The van der Waals surface area contributed by atoms with Gasteiger partial charge in [0.15, 0.2) is 0 Å². The predicted octanol–water partition coefficient (Wildman–Crippen LogP) is 1.73. The molecule has 0 unspecified atom stereocenters. The van der Waals surface area contributed by atoms with Gasteiger partial charge < -0.3 is 5.11 Å². The van der Waals surface area contributed by atoms with E-state index in [2.05, 4.69) is 5.10 Å². The van der Waals surface area contributed by atoms with Gasteiger partial charge in [0.05, 0.1) is 12.1 Å². The number of halogens is 1. The van der Waals surface area contributed by atoms with Crippen LogP contribution >= 0.6 is 11.6 Å². The molecule has 0 aliphatic rings. The molecule has 0 saturated heterocycles. The first-order chi connectivity index (χ1) is 8.97. The molecule has 5 nitrogen and oxygen atoms in total. The molecule has 1 N–H and O–H groups in total. The summed E-state index contributed by atoms with van der Waals surface area (Å²) < 4.78 is 1.14. The molecule has 98 valence electrons. The summed E-state index contributed by atoms with van der Waals surface area (Å²) in [6, 6.07) is 8.44. The quantitative estimate of drug-likeness (QED) is 0.928. The van der Waals surface area contributed by atoms with Crippen LogP contribution in [0.4, 0.5) is 0 Å². The molecule has 0 radical (unpaired) electrons. The standard InChI is InChI=1S/C13H11ClN2O3/c1-16-13(19)9(7-12(17)18)6-11(15-16)8-2-4-10(14)5-3-8/h2-6H,7H2,1H3,(H,17,18). The summed E-state index contributed by atoms with van der Waals surface area (Å²) >= 11 is 5.80. The number of rotatable bonds is 3. The number of carbonyl (C=O) groups is 1. The normalized spacial score (nSPS) is 10.4. The second-order valence-corrected chi connectivity index (χ2v) is 4.50. The predicted molar refractivity (Wildman–Crippen MR) is 71.3 cm³/mol. The minimum Gasteiger partial charge on any atom is -0.481 e. The summed E-state index contributed by atoms with van der Waals surface area (Å²) in [7, 11) is 1.49. The van der Waals surface area contributed by atoms with Gasteiger partial charge in [-0.05, 0) is 18.2 Å². The van der Waals surface area contributed by atoms with Crippen LogP contribution in [0.15, 0.2) is 35.1 Å². The van der Waals surface area contributed by atoms with Crippen molar-refractivity contribution < 1.29 is 9.90 Å². The van der Waals surface area contributed by atoms with Crippen LogP contribution in [0, 0.1) is 0 Å². The number of carboxylic acids is 1. The minimum atomic E-state index is -1.05. The van der Waals surface area contributed by atoms with Crippen LogP contribution in [0.5, 0.6) is 0 Å². The minimum absolute atomic E-state index is 0.204. The first kappa shape index (κ1) is 13.3. The van der Waals surface area contributed by atoms with Crippen molar-refractivity contribution in [1.29, 1.82) is 0 Å². The Kier molecular flexibility index (Phi) is 3.66. The third kappa shape index (κ3) is 3.00. The number of hydrogen-bond donors (Lipinski definition) is 1. The Bertz CT molecular complexity index is 677. The SMILES string of the molecule is Cn1nc(-c2ccc(Cl)cc2)cc(CC(=O)O)c1=O. The van der Waals surface area contributed by atoms with Gasteiger partial charge >= 0.3 is 5.97 Å². The largest absolute Gasteiger partial charge is 0.481 e. The zero-order valence-electron chi connectivity index (χ0n) is 10.1. The average Bonchev–Trinajstić information content (AvgIpc) is 2.35. The van der Waals surface area contributed by atoms with Gasteiger partial charge in [0.1, 0.15) is 0 Å². The van der Waals surface area contributed by atoms with Crippen LogP contribution in [0.1, 0.15) is 5.56 Å². The van der Waals surface area contributed by atoms with E-state index in [1.165, 1.54) is 13.1 Å². The lowest BCUT2D eigenvalue weighted by atomic mass is 10.1. The van der Waals surface area contributed by atoms with Gasteiger partial charge in [-0.1, -0.05) is 23.7 Å². The highest BCUT2D eigenvalue weighted by molar-refractivity contribution is 6.30. The second kappa shape index (κ2) is 5.24. The summed E-state index contributed by atoms with van der Waals surface area (Å²) in [6.45, 7) is 0. The maximum atomic E-state index is 11.8. The second-order valence-electron chi connectivity index (χ2n) is 4.06. The number of nitrogens with zero attached hydrogens (tertiary/aromatic N) is 2. The van der Waals surface area contributed by atoms with Crippen LogP contribution in [-0.4, -0.2) is 20.9 Å². The average molecular weight is 279 g/mol. The first-order valence-electron chi connectivity index (χ1n) is 5.52. The molecule has 0 aliphatic carbocycles. The van der Waals surface area contributed by atoms with Crippen LogP contribution in [-0.2, 0) is 18.3 Å². The van der Waals surface area contributed by atoms with Crippen molar-refractivity contribution >= 4 is 17.6 Å². The van der Waals surface area contributed by atoms with Gasteiger partial charge in [0, 0.05) is 23.2 Å². The maximum Gasteiger partial charge on any atom is 0.308 e. The smallest absolute Gasteiger partial charge is 0.308 e. The van der Waals surface area contributed by atoms with Gasteiger partial charge in [0.25, 0.3) is 5.56 Å². The molecule has 0 atom stereocenters. The topological polar surface area (TPSA) is 72.2 Å². The fraction of sp³-hybridized carbons (Fsp3) is 0.154. The molecule has 1 aromatic carbocycles. The number of aliphatic carboxylic acids is 1. The van der Waals surface area contributed by atoms with Gasteiger partial charge in [0.2, 0.25) is 0 Å². The zero-order valence-corrected chi connectivity index (χ0v) is 10.9. The van der Waals surface area contributed by atoms with Crippen LogP contribution in [0.3, 0.4) is 0 Å². The molecule has 0 bridgehead atoms. The van der Waals surface area contributed by atoms with E-state index in [1.807, 2.05) is 0 Å². The molecular weight excluding hydrogens is 268 g/mol. The van der Waals surface area contributed by atoms with E-state index >= 15 is 0 Å². The molecular formula is C13H11ClN2O3. The van der Waals surface area contributed by atoms with Gasteiger partial charge in [-0.25, -0.2) is 4.68 Å². The van der Waals surface area contributed by atoms with Crippen molar-refractivity contribution in [1.82, 2.24) is 9.78 Å². The fourth-order valence-corrected chi connectivity index (χ4v) is 1.85. The van der Waals surface area contributed by atoms with E-state index in [-0.39, 0.29) is 12.0 Å². The van der Waals surface area contributed by atoms with E-state index in [9.17, 15) is 9.59 Å². The Labute approximate surface area is 114 Å². The van der Waals surface area contributed by atoms with Gasteiger partial charge in [-0.3, -0.25) is 9.59 Å². The molecule has 1 aromatic heterocycles. The van der Waals surface area contributed by atoms with Crippen LogP contribution < -0.4 is 5.56 Å². The Morgan fingerprint density at radius 2 is 2.00 bits per heavy atom. The summed E-state index contributed by atoms with van der Waals surface area (Å²) in [4.78, 5) is 22.5. The van der Waals surface area contributed by atoms with Crippen molar-refractivity contribution in [2.24, 2.45) is 7.05 Å². The number of aryl methyl sites for hydroxylation is 1. The molecule has 0 amide bonds. The van der Waals surface area contributed by atoms with Gasteiger partial charge in [-0.15, -0.1) is 0 Å². The molecule has 2 rings (SSSR count). The molecule has 0 fully saturated rings. The number of aromatic nitrogens is 2. The van der Waals surface area contributed by atoms with E-state index < -0.39 is 11.5 Å².